The maximum absolute atomic E-state index is 12.5. The molecule has 3 rings (SSSR count). The van der Waals surface area contributed by atoms with Crippen LogP contribution in [0.25, 0.3) is 0 Å². The second-order valence-electron chi connectivity index (χ2n) is 7.73. The second kappa shape index (κ2) is 11.9. The summed E-state index contributed by atoms with van der Waals surface area (Å²) in [4.78, 5) is 40.3. The molecule has 2 amide bonds. The number of piperidine rings is 1. The molecule has 1 aromatic heterocycles. The van der Waals surface area contributed by atoms with E-state index in [4.69, 9.17) is 18.6 Å². The number of amides is 2. The highest BCUT2D eigenvalue weighted by molar-refractivity contribution is 5.92. The van der Waals surface area contributed by atoms with E-state index in [9.17, 15) is 14.4 Å². The van der Waals surface area contributed by atoms with Crippen molar-refractivity contribution in [1.29, 1.82) is 0 Å². The fourth-order valence-corrected chi connectivity index (χ4v) is 3.44. The van der Waals surface area contributed by atoms with Gasteiger partial charge in [0.2, 0.25) is 0 Å². The average molecular weight is 459 g/mol. The number of furan rings is 1. The van der Waals surface area contributed by atoms with Crippen molar-refractivity contribution in [3.63, 3.8) is 0 Å². The summed E-state index contributed by atoms with van der Waals surface area (Å²) in [5.74, 6) is 0.242. The first-order valence-corrected chi connectivity index (χ1v) is 11.1. The molecule has 0 bridgehead atoms. The summed E-state index contributed by atoms with van der Waals surface area (Å²) in [7, 11) is 1.60. The van der Waals surface area contributed by atoms with Crippen LogP contribution < -0.4 is 9.47 Å². The van der Waals surface area contributed by atoms with Crippen molar-refractivity contribution in [3.05, 3.63) is 47.9 Å². The number of hydrogen-bond donors (Lipinski definition) is 0. The summed E-state index contributed by atoms with van der Waals surface area (Å²) in [5.41, 5.74) is 0.217. The molecule has 2 aromatic rings. The van der Waals surface area contributed by atoms with Gasteiger partial charge in [-0.05, 0) is 56.5 Å². The molecule has 1 aliphatic rings. The normalized spacial score (nSPS) is 13.3. The molecule has 9 nitrogen and oxygen atoms in total. The highest BCUT2D eigenvalue weighted by atomic mass is 16.5. The minimum atomic E-state index is -0.661. The van der Waals surface area contributed by atoms with E-state index in [1.54, 1.807) is 37.1 Å². The number of likely N-dealkylation sites (N-methyl/N-ethyl adjacent to an activating group) is 1. The summed E-state index contributed by atoms with van der Waals surface area (Å²) >= 11 is 0. The SMILES string of the molecule is CCOc1cc(C(=O)OCC(=O)N(C)Cc2ccco2)ccc1OCC(=O)N1CCCCC1. The van der Waals surface area contributed by atoms with Crippen molar-refractivity contribution in [1.82, 2.24) is 9.80 Å². The lowest BCUT2D eigenvalue weighted by atomic mass is 10.1. The number of nitrogens with zero attached hydrogens (tertiary/aromatic N) is 2. The molecule has 0 spiro atoms. The molecular formula is C24H30N2O7. The number of ether oxygens (including phenoxy) is 3. The maximum atomic E-state index is 12.5. The molecule has 0 unspecified atom stereocenters. The van der Waals surface area contributed by atoms with Crippen molar-refractivity contribution < 1.29 is 33.0 Å². The summed E-state index contributed by atoms with van der Waals surface area (Å²) in [5, 5.41) is 0. The lowest BCUT2D eigenvalue weighted by Gasteiger charge is -2.26. The molecule has 1 aliphatic heterocycles. The van der Waals surface area contributed by atoms with Gasteiger partial charge in [0.15, 0.2) is 24.7 Å². The van der Waals surface area contributed by atoms with Crippen LogP contribution in [-0.4, -0.2) is 67.5 Å². The number of carbonyl (C=O) groups is 3. The molecule has 2 heterocycles. The number of hydrogen-bond acceptors (Lipinski definition) is 7. The van der Waals surface area contributed by atoms with Crippen molar-refractivity contribution in [2.45, 2.75) is 32.7 Å². The number of rotatable bonds is 10. The molecule has 0 radical (unpaired) electrons. The van der Waals surface area contributed by atoms with Crippen LogP contribution in [0.5, 0.6) is 11.5 Å². The first-order valence-electron chi connectivity index (χ1n) is 11.1. The van der Waals surface area contributed by atoms with Gasteiger partial charge >= 0.3 is 5.97 Å². The first kappa shape index (κ1) is 24.2. The zero-order chi connectivity index (χ0) is 23.6. The van der Waals surface area contributed by atoms with Gasteiger partial charge in [0, 0.05) is 20.1 Å². The molecule has 0 aliphatic carbocycles. The summed E-state index contributed by atoms with van der Waals surface area (Å²) in [6.07, 6.45) is 4.69. The average Bonchev–Trinajstić information content (AvgIpc) is 3.35. The lowest BCUT2D eigenvalue weighted by molar-refractivity contribution is -0.134. The summed E-state index contributed by atoms with van der Waals surface area (Å²) in [6, 6.07) is 8.07. The Morgan fingerprint density at radius 3 is 2.52 bits per heavy atom. The smallest absolute Gasteiger partial charge is 0.338 e. The first-order chi connectivity index (χ1) is 16.0. The van der Waals surface area contributed by atoms with Crippen molar-refractivity contribution in [3.8, 4) is 11.5 Å². The highest BCUT2D eigenvalue weighted by Gasteiger charge is 2.19. The Kier molecular flexibility index (Phi) is 8.74. The van der Waals surface area contributed by atoms with Gasteiger partial charge in [-0.1, -0.05) is 0 Å². The van der Waals surface area contributed by atoms with E-state index < -0.39 is 12.6 Å². The minimum Gasteiger partial charge on any atom is -0.490 e. The van der Waals surface area contributed by atoms with Gasteiger partial charge in [-0.3, -0.25) is 9.59 Å². The molecule has 0 saturated carbocycles. The number of benzene rings is 1. The van der Waals surface area contributed by atoms with E-state index >= 15 is 0 Å². The van der Waals surface area contributed by atoms with E-state index in [0.717, 1.165) is 32.4 Å². The Morgan fingerprint density at radius 2 is 1.82 bits per heavy atom. The Labute approximate surface area is 193 Å². The number of likely N-dealkylation sites (tertiary alicyclic amines) is 1. The van der Waals surface area contributed by atoms with Gasteiger partial charge in [-0.15, -0.1) is 0 Å². The maximum Gasteiger partial charge on any atom is 0.338 e. The molecule has 33 heavy (non-hydrogen) atoms. The molecule has 178 valence electrons. The third kappa shape index (κ3) is 7.00. The lowest BCUT2D eigenvalue weighted by Crippen LogP contribution is -2.38. The Hall–Kier alpha value is -3.49. The predicted molar refractivity (Wildman–Crippen MR) is 119 cm³/mol. The topological polar surface area (TPSA) is 98.5 Å². The van der Waals surface area contributed by atoms with E-state index in [-0.39, 0.29) is 30.5 Å². The van der Waals surface area contributed by atoms with Crippen LogP contribution in [0.2, 0.25) is 0 Å². The fourth-order valence-electron chi connectivity index (χ4n) is 3.44. The van der Waals surface area contributed by atoms with E-state index in [1.807, 2.05) is 0 Å². The van der Waals surface area contributed by atoms with E-state index in [2.05, 4.69) is 0 Å². The van der Waals surface area contributed by atoms with Gasteiger partial charge in [0.1, 0.15) is 5.76 Å². The zero-order valence-electron chi connectivity index (χ0n) is 19.1. The number of carbonyl (C=O) groups excluding carboxylic acids is 3. The summed E-state index contributed by atoms with van der Waals surface area (Å²) < 4.78 is 21.6. The van der Waals surface area contributed by atoms with Crippen molar-refractivity contribution in [2.75, 3.05) is 40.0 Å². The number of esters is 1. The third-order valence-electron chi connectivity index (χ3n) is 5.26. The molecule has 0 atom stereocenters. The van der Waals surface area contributed by atoms with Gasteiger partial charge in [-0.2, -0.15) is 0 Å². The largest absolute Gasteiger partial charge is 0.490 e. The van der Waals surface area contributed by atoms with Gasteiger partial charge in [0.05, 0.1) is 25.0 Å². The van der Waals surface area contributed by atoms with Gasteiger partial charge in [-0.25, -0.2) is 4.79 Å². The predicted octanol–water partition coefficient (Wildman–Crippen LogP) is 2.89. The van der Waals surface area contributed by atoms with E-state index in [1.165, 1.54) is 23.3 Å². The van der Waals surface area contributed by atoms with Crippen LogP contribution in [0, 0.1) is 0 Å². The monoisotopic (exact) mass is 458 g/mol. The zero-order valence-corrected chi connectivity index (χ0v) is 19.1. The van der Waals surface area contributed by atoms with Crippen molar-refractivity contribution in [2.24, 2.45) is 0 Å². The van der Waals surface area contributed by atoms with Crippen LogP contribution in [0.15, 0.2) is 41.0 Å². The van der Waals surface area contributed by atoms with Crippen molar-refractivity contribution >= 4 is 17.8 Å². The standard InChI is InChI=1S/C24H30N2O7/c1-3-30-21-14-18(9-10-20(21)32-17-23(28)26-11-5-4-6-12-26)24(29)33-16-22(27)25(2)15-19-8-7-13-31-19/h7-10,13-14H,3-6,11-12,15-17H2,1-2H3. The van der Waals surface area contributed by atoms with Crippen LogP contribution in [0.3, 0.4) is 0 Å². The highest BCUT2D eigenvalue weighted by Crippen LogP contribution is 2.29. The molecular weight excluding hydrogens is 428 g/mol. The molecule has 1 aromatic carbocycles. The molecule has 1 fully saturated rings. The fraction of sp³-hybridized carbons (Fsp3) is 0.458. The molecule has 1 saturated heterocycles. The Balaban J connectivity index is 1.55. The Morgan fingerprint density at radius 1 is 1.03 bits per heavy atom. The van der Waals surface area contributed by atoms with Gasteiger partial charge in [0.25, 0.3) is 11.8 Å². The Bertz CT molecular complexity index is 936. The molecule has 0 N–H and O–H groups in total. The molecule has 9 heteroatoms. The van der Waals surface area contributed by atoms with Crippen LogP contribution in [-0.2, 0) is 20.9 Å². The van der Waals surface area contributed by atoms with Gasteiger partial charge < -0.3 is 28.4 Å². The quantitative estimate of drug-likeness (QED) is 0.505. The third-order valence-corrected chi connectivity index (χ3v) is 5.26. The van der Waals surface area contributed by atoms with Crippen LogP contribution >= 0.6 is 0 Å². The van der Waals surface area contributed by atoms with Crippen LogP contribution in [0.1, 0.15) is 42.3 Å². The minimum absolute atomic E-state index is 0.0715. The van der Waals surface area contributed by atoms with Crippen LogP contribution in [0.4, 0.5) is 0 Å². The second-order valence-corrected chi connectivity index (χ2v) is 7.73. The summed E-state index contributed by atoms with van der Waals surface area (Å²) in [6.45, 7) is 3.44. The van der Waals surface area contributed by atoms with E-state index in [0.29, 0.717) is 23.9 Å².